The minimum absolute atomic E-state index is 0.119. The Morgan fingerprint density at radius 2 is 2.00 bits per heavy atom. The number of carbonyl (C=O) groups is 1. The molecular formula is C15H21IO4. The molecule has 0 aliphatic rings. The van der Waals surface area contributed by atoms with Gasteiger partial charge in [-0.15, -0.1) is 0 Å². The van der Waals surface area contributed by atoms with Crippen LogP contribution in [0.2, 0.25) is 0 Å². The molecule has 0 bridgehead atoms. The molecule has 5 heteroatoms. The number of methoxy groups -OCH3 is 1. The van der Waals surface area contributed by atoms with Crippen molar-refractivity contribution in [3.8, 4) is 5.75 Å². The van der Waals surface area contributed by atoms with E-state index in [0.717, 1.165) is 10.7 Å². The molecule has 112 valence electrons. The summed E-state index contributed by atoms with van der Waals surface area (Å²) in [7, 11) is 1.60. The van der Waals surface area contributed by atoms with Crippen LogP contribution in [0.3, 0.4) is 0 Å². The molecule has 0 saturated carbocycles. The normalized spacial score (nSPS) is 9.95. The van der Waals surface area contributed by atoms with E-state index < -0.39 is 0 Å². The van der Waals surface area contributed by atoms with Gasteiger partial charge >= 0.3 is 0 Å². The number of carbonyl (C=O) groups excluding carboxylic acids is 1. The molecule has 0 saturated heterocycles. The van der Waals surface area contributed by atoms with E-state index >= 15 is 0 Å². The molecule has 0 atom stereocenters. The van der Waals surface area contributed by atoms with Crippen molar-refractivity contribution < 1.29 is 19.0 Å². The smallest absolute Gasteiger partial charge is 0.189 e. The number of rotatable bonds is 8. The van der Waals surface area contributed by atoms with Gasteiger partial charge in [-0.3, -0.25) is 4.79 Å². The van der Waals surface area contributed by atoms with Crippen molar-refractivity contribution in [3.63, 3.8) is 0 Å². The molecule has 0 unspecified atom stereocenters. The predicted molar refractivity (Wildman–Crippen MR) is 88.9 cm³/mol. The van der Waals surface area contributed by atoms with E-state index in [4.69, 9.17) is 14.2 Å². The van der Waals surface area contributed by atoms with Gasteiger partial charge in [-0.25, -0.2) is 0 Å². The number of hydrogen-bond acceptors (Lipinski definition) is 4. The number of hydrogen-bond donors (Lipinski definition) is 0. The molecule has 0 radical (unpaired) electrons. The summed E-state index contributed by atoms with van der Waals surface area (Å²) >= 11 is 2.30. The number of allylic oxidation sites excluding steroid dienone is 2. The first-order valence-corrected chi connectivity index (χ1v) is 7.73. The Labute approximate surface area is 134 Å². The Morgan fingerprint density at radius 3 is 2.55 bits per heavy atom. The van der Waals surface area contributed by atoms with Gasteiger partial charge in [-0.1, -0.05) is 46.9 Å². The molecule has 4 nitrogen and oxygen atoms in total. The van der Waals surface area contributed by atoms with Crippen LogP contribution in [0.1, 0.15) is 17.3 Å². The zero-order valence-electron chi connectivity index (χ0n) is 11.9. The van der Waals surface area contributed by atoms with Crippen LogP contribution in [-0.4, -0.2) is 37.8 Å². The lowest BCUT2D eigenvalue weighted by Gasteiger charge is -2.08. The molecule has 20 heavy (non-hydrogen) atoms. The topological polar surface area (TPSA) is 44.8 Å². The Hall–Kier alpha value is -0.920. The van der Waals surface area contributed by atoms with Crippen LogP contribution in [0.15, 0.2) is 36.4 Å². The maximum Gasteiger partial charge on any atom is 0.189 e. The fourth-order valence-electron chi connectivity index (χ4n) is 1.10. The summed E-state index contributed by atoms with van der Waals surface area (Å²) in [5.74, 6) is 0.532. The number of para-hydroxylation sites is 1. The first-order valence-electron chi connectivity index (χ1n) is 6.20. The highest BCUT2D eigenvalue weighted by Crippen LogP contribution is 2.15. The molecule has 0 heterocycles. The largest absolute Gasteiger partial charge is 0.467 e. The zero-order valence-corrected chi connectivity index (χ0v) is 14.0. The Kier molecular flexibility index (Phi) is 13.8. The van der Waals surface area contributed by atoms with Crippen molar-refractivity contribution in [3.05, 3.63) is 42.0 Å². The number of alkyl halides is 1. The highest BCUT2D eigenvalue weighted by Gasteiger charge is 2.00. The molecule has 1 aromatic rings. The Bertz CT molecular complexity index is 380. The van der Waals surface area contributed by atoms with E-state index in [2.05, 4.69) is 28.7 Å². The van der Waals surface area contributed by atoms with E-state index in [1.54, 1.807) is 31.4 Å². The molecule has 0 spiro atoms. The standard InChI is InChI=1S/C11H14O4.C4H7I/c1-13-6-7-14-9-15-11-5-3-2-4-10(11)8-12;1-2-3-4-5/h2-5,8H,6-7,9H2,1H3;2-3H,4H2,1H3/b;3-2+. The lowest BCUT2D eigenvalue weighted by atomic mass is 10.2. The monoisotopic (exact) mass is 392 g/mol. The maximum absolute atomic E-state index is 10.6. The highest BCUT2D eigenvalue weighted by molar-refractivity contribution is 14.1. The number of ether oxygens (including phenoxy) is 3. The predicted octanol–water partition coefficient (Wildman–Crippen LogP) is 3.50. The van der Waals surface area contributed by atoms with Gasteiger partial charge in [0, 0.05) is 11.5 Å². The second-order valence-electron chi connectivity index (χ2n) is 3.54. The third-order valence-corrected chi connectivity index (χ3v) is 2.61. The third kappa shape index (κ3) is 9.94. The summed E-state index contributed by atoms with van der Waals surface area (Å²) in [6, 6.07) is 7.00. The fraction of sp³-hybridized carbons (Fsp3) is 0.400. The van der Waals surface area contributed by atoms with Gasteiger partial charge < -0.3 is 14.2 Å². The quantitative estimate of drug-likeness (QED) is 0.170. The first-order chi connectivity index (χ1) is 9.79. The van der Waals surface area contributed by atoms with Gasteiger partial charge in [0.2, 0.25) is 0 Å². The van der Waals surface area contributed by atoms with E-state index in [0.29, 0.717) is 24.5 Å². The molecule has 0 N–H and O–H groups in total. The van der Waals surface area contributed by atoms with Crippen LogP contribution in [0.5, 0.6) is 5.75 Å². The number of benzene rings is 1. The first kappa shape index (κ1) is 19.1. The molecular weight excluding hydrogens is 371 g/mol. The van der Waals surface area contributed by atoms with Crippen molar-refractivity contribution in [2.75, 3.05) is 31.5 Å². The lowest BCUT2D eigenvalue weighted by Crippen LogP contribution is -2.08. The van der Waals surface area contributed by atoms with Crippen molar-refractivity contribution >= 4 is 28.9 Å². The summed E-state index contributed by atoms with van der Waals surface area (Å²) < 4.78 is 16.3. The van der Waals surface area contributed by atoms with Crippen LogP contribution < -0.4 is 4.74 Å². The molecule has 1 aromatic carbocycles. The third-order valence-electron chi connectivity index (χ3n) is 2.10. The Balaban J connectivity index is 0.000000621. The summed E-state index contributed by atoms with van der Waals surface area (Å²) in [4.78, 5) is 10.6. The minimum atomic E-state index is 0.119. The Morgan fingerprint density at radius 1 is 1.25 bits per heavy atom. The number of aldehydes is 1. The average molecular weight is 392 g/mol. The second-order valence-corrected chi connectivity index (χ2v) is 4.42. The van der Waals surface area contributed by atoms with Gasteiger partial charge in [0.25, 0.3) is 0 Å². The zero-order chi connectivity index (χ0) is 15.1. The van der Waals surface area contributed by atoms with Gasteiger partial charge in [-0.2, -0.15) is 0 Å². The highest BCUT2D eigenvalue weighted by atomic mass is 127. The molecule has 0 aliphatic heterocycles. The lowest BCUT2D eigenvalue weighted by molar-refractivity contribution is -0.00866. The fourth-order valence-corrected chi connectivity index (χ4v) is 1.61. The van der Waals surface area contributed by atoms with E-state index in [1.165, 1.54) is 0 Å². The van der Waals surface area contributed by atoms with Crippen molar-refractivity contribution in [2.24, 2.45) is 0 Å². The maximum atomic E-state index is 10.6. The molecule has 1 rings (SSSR count). The van der Waals surface area contributed by atoms with Gasteiger partial charge in [-0.05, 0) is 19.1 Å². The van der Waals surface area contributed by atoms with E-state index in [1.807, 2.05) is 13.0 Å². The molecule has 0 aromatic heterocycles. The van der Waals surface area contributed by atoms with Gasteiger partial charge in [0.15, 0.2) is 13.1 Å². The summed E-state index contributed by atoms with van der Waals surface area (Å²) in [5.41, 5.74) is 0.521. The number of halogens is 1. The van der Waals surface area contributed by atoms with Crippen LogP contribution in [0.25, 0.3) is 0 Å². The average Bonchev–Trinajstić information content (AvgIpc) is 2.49. The van der Waals surface area contributed by atoms with Crippen molar-refractivity contribution in [1.29, 1.82) is 0 Å². The summed E-state index contributed by atoms with van der Waals surface area (Å²) in [6.45, 7) is 3.14. The summed E-state index contributed by atoms with van der Waals surface area (Å²) in [6.07, 6.45) is 4.91. The summed E-state index contributed by atoms with van der Waals surface area (Å²) in [5, 5.41) is 0. The van der Waals surface area contributed by atoms with E-state index in [-0.39, 0.29) is 6.79 Å². The minimum Gasteiger partial charge on any atom is -0.467 e. The molecule has 0 amide bonds. The van der Waals surface area contributed by atoms with Gasteiger partial charge in [0.05, 0.1) is 18.8 Å². The van der Waals surface area contributed by atoms with Gasteiger partial charge in [0.1, 0.15) is 5.75 Å². The molecule has 0 fully saturated rings. The van der Waals surface area contributed by atoms with E-state index in [9.17, 15) is 4.79 Å². The molecule has 0 aliphatic carbocycles. The van der Waals surface area contributed by atoms with Crippen molar-refractivity contribution in [1.82, 2.24) is 0 Å². The second kappa shape index (κ2) is 14.5. The van der Waals surface area contributed by atoms with Crippen LogP contribution in [0, 0.1) is 0 Å². The SMILES string of the molecule is C/C=C/CI.COCCOCOc1ccccc1C=O. The van der Waals surface area contributed by atoms with Crippen LogP contribution in [-0.2, 0) is 9.47 Å². The van der Waals surface area contributed by atoms with Crippen molar-refractivity contribution in [2.45, 2.75) is 6.92 Å². The van der Waals surface area contributed by atoms with Crippen LogP contribution in [0.4, 0.5) is 0 Å². The van der Waals surface area contributed by atoms with Crippen LogP contribution >= 0.6 is 22.6 Å².